The molecule has 1 atom stereocenters. The van der Waals surface area contributed by atoms with Crippen molar-refractivity contribution >= 4 is 44.6 Å². The monoisotopic (exact) mass is 367 g/mol. The van der Waals surface area contributed by atoms with E-state index in [4.69, 9.17) is 16.0 Å². The molecular weight excluding hydrogens is 358 g/mol. The lowest BCUT2D eigenvalue weighted by molar-refractivity contribution is 0.500. The molecule has 2 aromatic heterocycles. The Labute approximate surface area is 134 Å². The van der Waals surface area contributed by atoms with Crippen LogP contribution in [0.25, 0.3) is 0 Å². The first kappa shape index (κ1) is 13.7. The van der Waals surface area contributed by atoms with Crippen molar-refractivity contribution in [2.24, 2.45) is 0 Å². The van der Waals surface area contributed by atoms with Gasteiger partial charge in [-0.25, -0.2) is 0 Å². The van der Waals surface area contributed by atoms with Gasteiger partial charge in [-0.1, -0.05) is 23.7 Å². The van der Waals surface area contributed by atoms with Crippen LogP contribution in [0.4, 0.5) is 5.69 Å². The highest BCUT2D eigenvalue weighted by molar-refractivity contribution is 9.10. The van der Waals surface area contributed by atoms with Crippen molar-refractivity contribution in [1.82, 2.24) is 0 Å². The van der Waals surface area contributed by atoms with E-state index in [9.17, 15) is 0 Å². The first-order valence-corrected chi connectivity index (χ1v) is 8.02. The molecule has 0 saturated heterocycles. The number of halogens is 2. The van der Waals surface area contributed by atoms with Gasteiger partial charge in [0.1, 0.15) is 11.8 Å². The van der Waals surface area contributed by atoms with Crippen LogP contribution in [0.3, 0.4) is 0 Å². The minimum Gasteiger partial charge on any atom is -0.467 e. The van der Waals surface area contributed by atoms with Gasteiger partial charge in [0.25, 0.3) is 0 Å². The Bertz CT molecular complexity index is 695. The van der Waals surface area contributed by atoms with E-state index in [1.165, 1.54) is 0 Å². The van der Waals surface area contributed by atoms with Crippen molar-refractivity contribution < 1.29 is 4.42 Å². The second-order valence-electron chi connectivity index (χ2n) is 4.21. The highest BCUT2D eigenvalue weighted by atomic mass is 79.9. The number of rotatable bonds is 4. The summed E-state index contributed by atoms with van der Waals surface area (Å²) in [5.74, 6) is 0.860. The molecule has 1 aromatic carbocycles. The number of furan rings is 1. The molecule has 20 heavy (non-hydrogen) atoms. The van der Waals surface area contributed by atoms with Crippen molar-refractivity contribution in [1.29, 1.82) is 0 Å². The Morgan fingerprint density at radius 1 is 1.10 bits per heavy atom. The fraction of sp³-hybridized carbons (Fsp3) is 0.0667. The third-order valence-corrected chi connectivity index (χ3v) is 4.87. The van der Waals surface area contributed by atoms with E-state index in [0.29, 0.717) is 0 Å². The first-order valence-electron chi connectivity index (χ1n) is 6.04. The molecular formula is C15H11BrClNOS. The van der Waals surface area contributed by atoms with Crippen LogP contribution in [-0.2, 0) is 0 Å². The predicted molar refractivity (Wildman–Crippen MR) is 87.6 cm³/mol. The zero-order chi connectivity index (χ0) is 13.9. The number of benzene rings is 1. The van der Waals surface area contributed by atoms with Crippen LogP contribution < -0.4 is 5.32 Å². The summed E-state index contributed by atoms with van der Waals surface area (Å²) in [6.07, 6.45) is 1.68. The number of para-hydroxylation sites is 1. The molecule has 0 fully saturated rings. The smallest absolute Gasteiger partial charge is 0.131 e. The molecule has 2 nitrogen and oxygen atoms in total. The fourth-order valence-electron chi connectivity index (χ4n) is 1.96. The van der Waals surface area contributed by atoms with Crippen molar-refractivity contribution in [2.45, 2.75) is 6.04 Å². The van der Waals surface area contributed by atoms with E-state index < -0.39 is 0 Å². The standard InChI is InChI=1S/C15H11BrClNOS/c16-10-4-1-2-5-11(10)18-15(12-6-3-9-19-12)13-7-8-14(17)20-13/h1-9,15,18H. The molecule has 0 aliphatic carbocycles. The molecule has 1 N–H and O–H groups in total. The van der Waals surface area contributed by atoms with E-state index in [2.05, 4.69) is 21.2 Å². The summed E-state index contributed by atoms with van der Waals surface area (Å²) in [6, 6.07) is 15.7. The molecule has 1 unspecified atom stereocenters. The highest BCUT2D eigenvalue weighted by Gasteiger charge is 2.19. The fourth-order valence-corrected chi connectivity index (χ4v) is 3.47. The zero-order valence-corrected chi connectivity index (χ0v) is 13.5. The van der Waals surface area contributed by atoms with Crippen LogP contribution in [0.2, 0.25) is 4.34 Å². The first-order chi connectivity index (χ1) is 9.74. The van der Waals surface area contributed by atoms with Gasteiger partial charge in [-0.3, -0.25) is 0 Å². The second-order valence-corrected chi connectivity index (χ2v) is 6.82. The van der Waals surface area contributed by atoms with Gasteiger partial charge in [0.15, 0.2) is 0 Å². The molecule has 0 radical (unpaired) electrons. The van der Waals surface area contributed by atoms with Crippen molar-refractivity contribution in [2.75, 3.05) is 5.32 Å². The minimum absolute atomic E-state index is 0.0544. The van der Waals surface area contributed by atoms with Gasteiger partial charge in [0.05, 0.1) is 10.6 Å². The Morgan fingerprint density at radius 3 is 2.60 bits per heavy atom. The molecule has 0 bridgehead atoms. The number of nitrogens with one attached hydrogen (secondary N) is 1. The Kier molecular flexibility index (Phi) is 4.15. The van der Waals surface area contributed by atoms with Gasteiger partial charge in [-0.05, 0) is 52.3 Å². The largest absolute Gasteiger partial charge is 0.467 e. The number of hydrogen-bond donors (Lipinski definition) is 1. The van der Waals surface area contributed by atoms with E-state index in [0.717, 1.165) is 25.1 Å². The minimum atomic E-state index is -0.0544. The number of hydrogen-bond acceptors (Lipinski definition) is 3. The van der Waals surface area contributed by atoms with E-state index in [-0.39, 0.29) is 6.04 Å². The summed E-state index contributed by atoms with van der Waals surface area (Å²) in [4.78, 5) is 1.11. The van der Waals surface area contributed by atoms with Gasteiger partial charge in [-0.15, -0.1) is 11.3 Å². The lowest BCUT2D eigenvalue weighted by Crippen LogP contribution is -2.10. The zero-order valence-electron chi connectivity index (χ0n) is 10.3. The topological polar surface area (TPSA) is 25.2 Å². The van der Waals surface area contributed by atoms with Crippen LogP contribution in [0.5, 0.6) is 0 Å². The van der Waals surface area contributed by atoms with Gasteiger partial charge < -0.3 is 9.73 Å². The molecule has 0 aliphatic heterocycles. The molecule has 3 aromatic rings. The molecule has 3 rings (SSSR count). The molecule has 0 saturated carbocycles. The van der Waals surface area contributed by atoms with Crippen LogP contribution >= 0.6 is 38.9 Å². The van der Waals surface area contributed by atoms with Gasteiger partial charge in [-0.2, -0.15) is 0 Å². The Hall–Kier alpha value is -1.23. The average Bonchev–Trinajstić information content (AvgIpc) is 3.09. The van der Waals surface area contributed by atoms with Gasteiger partial charge in [0, 0.05) is 15.0 Å². The average molecular weight is 369 g/mol. The lowest BCUT2D eigenvalue weighted by Gasteiger charge is -2.17. The maximum absolute atomic E-state index is 6.05. The van der Waals surface area contributed by atoms with Crippen LogP contribution in [0, 0.1) is 0 Å². The van der Waals surface area contributed by atoms with E-state index in [1.54, 1.807) is 17.6 Å². The highest BCUT2D eigenvalue weighted by Crippen LogP contribution is 2.35. The summed E-state index contributed by atoms with van der Waals surface area (Å²) in [6.45, 7) is 0. The molecule has 2 heterocycles. The normalized spacial score (nSPS) is 12.3. The number of anilines is 1. The van der Waals surface area contributed by atoms with E-state index >= 15 is 0 Å². The second kappa shape index (κ2) is 6.04. The van der Waals surface area contributed by atoms with Crippen LogP contribution in [0.15, 0.2) is 63.7 Å². The molecule has 0 aliphatic rings. The maximum atomic E-state index is 6.05. The predicted octanol–water partition coefficient (Wildman–Crippen LogP) is 5.96. The summed E-state index contributed by atoms with van der Waals surface area (Å²) >= 11 is 11.1. The SMILES string of the molecule is Clc1ccc(C(Nc2ccccc2Br)c2ccco2)s1. The molecule has 5 heteroatoms. The van der Waals surface area contributed by atoms with Crippen LogP contribution in [0.1, 0.15) is 16.7 Å². The lowest BCUT2D eigenvalue weighted by atomic mass is 10.1. The summed E-state index contributed by atoms with van der Waals surface area (Å²) in [7, 11) is 0. The van der Waals surface area contributed by atoms with E-state index in [1.807, 2.05) is 48.5 Å². The summed E-state index contributed by atoms with van der Waals surface area (Å²) < 4.78 is 7.34. The van der Waals surface area contributed by atoms with Crippen molar-refractivity contribution in [3.05, 3.63) is 74.2 Å². The third-order valence-electron chi connectivity index (χ3n) is 2.88. The Morgan fingerprint density at radius 2 is 1.95 bits per heavy atom. The third kappa shape index (κ3) is 2.92. The van der Waals surface area contributed by atoms with Crippen molar-refractivity contribution in [3.8, 4) is 0 Å². The molecule has 0 spiro atoms. The van der Waals surface area contributed by atoms with Gasteiger partial charge >= 0.3 is 0 Å². The maximum Gasteiger partial charge on any atom is 0.131 e. The van der Waals surface area contributed by atoms with Gasteiger partial charge in [0.2, 0.25) is 0 Å². The molecule has 0 amide bonds. The summed E-state index contributed by atoms with van der Waals surface area (Å²) in [5.41, 5.74) is 1.01. The van der Waals surface area contributed by atoms with Crippen molar-refractivity contribution in [3.63, 3.8) is 0 Å². The summed E-state index contributed by atoms with van der Waals surface area (Å²) in [5, 5.41) is 3.49. The molecule has 102 valence electrons. The Balaban J connectivity index is 1.97. The van der Waals surface area contributed by atoms with Crippen LogP contribution in [-0.4, -0.2) is 0 Å². The quantitative estimate of drug-likeness (QED) is 0.614. The number of thiophene rings is 1.